The number of nitro benzene ring substituents is 1. The van der Waals surface area contributed by atoms with Gasteiger partial charge >= 0.3 is 0 Å². The Balaban J connectivity index is 2.05. The van der Waals surface area contributed by atoms with Gasteiger partial charge in [0.2, 0.25) is 0 Å². The van der Waals surface area contributed by atoms with E-state index < -0.39 is 0 Å². The van der Waals surface area contributed by atoms with E-state index in [1.54, 1.807) is 12.1 Å². The summed E-state index contributed by atoms with van der Waals surface area (Å²) in [4.78, 5) is 10.6. The summed E-state index contributed by atoms with van der Waals surface area (Å²) in [6.07, 6.45) is 3.59. The van der Waals surface area contributed by atoms with Gasteiger partial charge in [0.25, 0.3) is 5.69 Å². The standard InChI is InChI=1S/C13H19N3O2/c1-10-5-4-7-12(16(17)18)13(10)15-9-11-6-2-3-8-14-11/h4-5,7,11,14-15H,2-3,6,8-9H2,1H3. The summed E-state index contributed by atoms with van der Waals surface area (Å²) in [5.74, 6) is 0. The summed E-state index contributed by atoms with van der Waals surface area (Å²) in [5, 5.41) is 17.6. The van der Waals surface area contributed by atoms with E-state index in [0.717, 1.165) is 25.1 Å². The van der Waals surface area contributed by atoms with Crippen molar-refractivity contribution in [1.29, 1.82) is 0 Å². The van der Waals surface area contributed by atoms with Gasteiger partial charge in [-0.25, -0.2) is 0 Å². The second-order valence-corrected chi connectivity index (χ2v) is 4.75. The zero-order chi connectivity index (χ0) is 13.0. The topological polar surface area (TPSA) is 67.2 Å². The van der Waals surface area contributed by atoms with Gasteiger partial charge in [0, 0.05) is 18.7 Å². The average molecular weight is 249 g/mol. The van der Waals surface area contributed by atoms with Crippen LogP contribution >= 0.6 is 0 Å². The molecule has 1 atom stereocenters. The number of nitro groups is 1. The normalized spacial score (nSPS) is 19.5. The van der Waals surface area contributed by atoms with Crippen LogP contribution in [0.1, 0.15) is 24.8 Å². The summed E-state index contributed by atoms with van der Waals surface area (Å²) in [5.41, 5.74) is 1.72. The molecule has 1 aromatic rings. The van der Waals surface area contributed by atoms with Crippen molar-refractivity contribution in [3.8, 4) is 0 Å². The summed E-state index contributed by atoms with van der Waals surface area (Å²) >= 11 is 0. The highest BCUT2D eigenvalue weighted by Gasteiger charge is 2.17. The van der Waals surface area contributed by atoms with Crippen molar-refractivity contribution in [3.05, 3.63) is 33.9 Å². The van der Waals surface area contributed by atoms with E-state index in [2.05, 4.69) is 10.6 Å². The number of benzene rings is 1. The SMILES string of the molecule is Cc1cccc([N+](=O)[O-])c1NCC1CCCCN1. The predicted octanol–water partition coefficient (Wildman–Crippen LogP) is 2.46. The van der Waals surface area contributed by atoms with Crippen molar-refractivity contribution in [2.45, 2.75) is 32.2 Å². The highest BCUT2D eigenvalue weighted by molar-refractivity contribution is 5.66. The first-order valence-electron chi connectivity index (χ1n) is 6.40. The fraction of sp³-hybridized carbons (Fsp3) is 0.538. The van der Waals surface area contributed by atoms with Crippen LogP contribution in [-0.4, -0.2) is 24.1 Å². The van der Waals surface area contributed by atoms with Crippen LogP contribution in [0.3, 0.4) is 0 Å². The summed E-state index contributed by atoms with van der Waals surface area (Å²) < 4.78 is 0. The molecule has 5 nitrogen and oxygen atoms in total. The molecule has 0 spiro atoms. The van der Waals surface area contributed by atoms with Crippen molar-refractivity contribution in [2.75, 3.05) is 18.4 Å². The number of piperidine rings is 1. The molecule has 0 bridgehead atoms. The molecule has 98 valence electrons. The number of nitrogens with one attached hydrogen (secondary N) is 2. The van der Waals surface area contributed by atoms with Crippen LogP contribution in [-0.2, 0) is 0 Å². The maximum atomic E-state index is 11.0. The monoisotopic (exact) mass is 249 g/mol. The fourth-order valence-electron chi connectivity index (χ4n) is 2.36. The zero-order valence-corrected chi connectivity index (χ0v) is 10.6. The third-order valence-corrected chi connectivity index (χ3v) is 3.39. The van der Waals surface area contributed by atoms with Crippen molar-refractivity contribution >= 4 is 11.4 Å². The van der Waals surface area contributed by atoms with Gasteiger partial charge in [0.15, 0.2) is 0 Å². The molecule has 1 fully saturated rings. The van der Waals surface area contributed by atoms with Gasteiger partial charge < -0.3 is 10.6 Å². The molecule has 1 heterocycles. The van der Waals surface area contributed by atoms with E-state index in [1.807, 2.05) is 13.0 Å². The number of hydrogen-bond acceptors (Lipinski definition) is 4. The first kappa shape index (κ1) is 12.8. The van der Waals surface area contributed by atoms with E-state index in [1.165, 1.54) is 12.8 Å². The minimum Gasteiger partial charge on any atom is -0.378 e. The van der Waals surface area contributed by atoms with E-state index >= 15 is 0 Å². The molecule has 2 rings (SSSR count). The number of para-hydroxylation sites is 1. The maximum Gasteiger partial charge on any atom is 0.292 e. The number of nitrogens with zero attached hydrogens (tertiary/aromatic N) is 1. The molecular weight excluding hydrogens is 230 g/mol. The van der Waals surface area contributed by atoms with Crippen LogP contribution in [0.2, 0.25) is 0 Å². The van der Waals surface area contributed by atoms with Crippen LogP contribution in [0, 0.1) is 17.0 Å². The quantitative estimate of drug-likeness (QED) is 0.635. The molecule has 18 heavy (non-hydrogen) atoms. The number of rotatable bonds is 4. The Labute approximate surface area is 107 Å². The molecule has 0 aromatic heterocycles. The van der Waals surface area contributed by atoms with Gasteiger partial charge in [-0.15, -0.1) is 0 Å². The predicted molar refractivity (Wildman–Crippen MR) is 72.0 cm³/mol. The van der Waals surface area contributed by atoms with E-state index in [-0.39, 0.29) is 10.6 Å². The fourth-order valence-corrected chi connectivity index (χ4v) is 2.36. The number of aryl methyl sites for hydroxylation is 1. The van der Waals surface area contributed by atoms with E-state index in [4.69, 9.17) is 0 Å². The largest absolute Gasteiger partial charge is 0.378 e. The Morgan fingerprint density at radius 1 is 1.50 bits per heavy atom. The first-order valence-corrected chi connectivity index (χ1v) is 6.40. The number of anilines is 1. The van der Waals surface area contributed by atoms with Crippen LogP contribution in [0.15, 0.2) is 18.2 Å². The Hall–Kier alpha value is -1.62. The molecule has 0 saturated carbocycles. The second-order valence-electron chi connectivity index (χ2n) is 4.75. The van der Waals surface area contributed by atoms with Gasteiger partial charge in [-0.2, -0.15) is 0 Å². The van der Waals surface area contributed by atoms with Gasteiger partial charge in [-0.05, 0) is 31.9 Å². The summed E-state index contributed by atoms with van der Waals surface area (Å²) in [6, 6.07) is 5.57. The molecule has 1 saturated heterocycles. The molecule has 1 aliphatic heterocycles. The van der Waals surface area contributed by atoms with E-state index in [0.29, 0.717) is 11.7 Å². The third-order valence-electron chi connectivity index (χ3n) is 3.39. The zero-order valence-electron chi connectivity index (χ0n) is 10.6. The van der Waals surface area contributed by atoms with E-state index in [9.17, 15) is 10.1 Å². The Bertz CT molecular complexity index is 428. The summed E-state index contributed by atoms with van der Waals surface area (Å²) in [6.45, 7) is 3.68. The molecular formula is C13H19N3O2. The van der Waals surface area contributed by atoms with Crippen LogP contribution in [0.25, 0.3) is 0 Å². The molecule has 0 radical (unpaired) electrons. The van der Waals surface area contributed by atoms with Crippen molar-refractivity contribution in [3.63, 3.8) is 0 Å². The van der Waals surface area contributed by atoms with Crippen LogP contribution in [0.4, 0.5) is 11.4 Å². The van der Waals surface area contributed by atoms with Gasteiger partial charge in [0.1, 0.15) is 5.69 Å². The van der Waals surface area contributed by atoms with Gasteiger partial charge in [-0.3, -0.25) is 10.1 Å². The van der Waals surface area contributed by atoms with Gasteiger partial charge in [0.05, 0.1) is 4.92 Å². The lowest BCUT2D eigenvalue weighted by Gasteiger charge is -2.24. The molecule has 2 N–H and O–H groups in total. The lowest BCUT2D eigenvalue weighted by Crippen LogP contribution is -2.39. The Kier molecular flexibility index (Phi) is 4.15. The lowest BCUT2D eigenvalue weighted by molar-refractivity contribution is -0.384. The maximum absolute atomic E-state index is 11.0. The molecule has 1 unspecified atom stereocenters. The van der Waals surface area contributed by atoms with Gasteiger partial charge in [-0.1, -0.05) is 18.6 Å². The van der Waals surface area contributed by atoms with Crippen LogP contribution < -0.4 is 10.6 Å². The molecule has 5 heteroatoms. The number of hydrogen-bond donors (Lipinski definition) is 2. The first-order chi connectivity index (χ1) is 8.68. The average Bonchev–Trinajstić information content (AvgIpc) is 2.38. The third kappa shape index (κ3) is 2.98. The van der Waals surface area contributed by atoms with Crippen molar-refractivity contribution < 1.29 is 4.92 Å². The Morgan fingerprint density at radius 3 is 3.00 bits per heavy atom. The smallest absolute Gasteiger partial charge is 0.292 e. The highest BCUT2D eigenvalue weighted by atomic mass is 16.6. The Morgan fingerprint density at radius 2 is 2.33 bits per heavy atom. The minimum atomic E-state index is -0.330. The van der Waals surface area contributed by atoms with Crippen LogP contribution in [0.5, 0.6) is 0 Å². The molecule has 0 aliphatic carbocycles. The molecule has 1 aromatic carbocycles. The minimum absolute atomic E-state index is 0.158. The molecule has 1 aliphatic rings. The summed E-state index contributed by atoms with van der Waals surface area (Å²) in [7, 11) is 0. The second kappa shape index (κ2) is 5.82. The lowest BCUT2D eigenvalue weighted by atomic mass is 10.0. The highest BCUT2D eigenvalue weighted by Crippen LogP contribution is 2.27. The van der Waals surface area contributed by atoms with Crippen molar-refractivity contribution in [2.24, 2.45) is 0 Å². The van der Waals surface area contributed by atoms with Crippen molar-refractivity contribution in [1.82, 2.24) is 5.32 Å². The molecule has 0 amide bonds.